The van der Waals surface area contributed by atoms with Gasteiger partial charge in [-0.15, -0.1) is 0 Å². The van der Waals surface area contributed by atoms with E-state index in [2.05, 4.69) is 27.2 Å². The van der Waals surface area contributed by atoms with E-state index in [-0.39, 0.29) is 6.10 Å². The maximum atomic E-state index is 9.97. The van der Waals surface area contributed by atoms with Gasteiger partial charge < -0.3 is 15.4 Å². The number of aliphatic hydroxyl groups excluding tert-OH is 1. The molecule has 1 saturated heterocycles. The van der Waals surface area contributed by atoms with Crippen LogP contribution in [0.25, 0.3) is 0 Å². The number of hydrogen-bond acceptors (Lipinski definition) is 6. The quantitative estimate of drug-likeness (QED) is 0.536. The van der Waals surface area contributed by atoms with Gasteiger partial charge in [-0.25, -0.2) is 15.8 Å². The summed E-state index contributed by atoms with van der Waals surface area (Å²) in [5.74, 6) is 7.36. The molecule has 100 valence electrons. The lowest BCUT2D eigenvalue weighted by atomic mass is 9.96. The minimum Gasteiger partial charge on any atom is -0.391 e. The van der Waals surface area contributed by atoms with Gasteiger partial charge in [0.05, 0.1) is 6.10 Å². The van der Waals surface area contributed by atoms with Crippen LogP contribution in [0.4, 0.5) is 11.6 Å². The summed E-state index contributed by atoms with van der Waals surface area (Å²) >= 11 is 0. The Kier molecular flexibility index (Phi) is 3.98. The first-order valence-electron chi connectivity index (χ1n) is 6.40. The van der Waals surface area contributed by atoms with E-state index in [9.17, 15) is 5.11 Å². The van der Waals surface area contributed by atoms with Gasteiger partial charge in [0.1, 0.15) is 18.0 Å². The number of hydrogen-bond donors (Lipinski definition) is 3. The summed E-state index contributed by atoms with van der Waals surface area (Å²) in [4.78, 5) is 10.6. The maximum Gasteiger partial charge on any atom is 0.148 e. The van der Waals surface area contributed by atoms with Crippen LogP contribution in [0.1, 0.15) is 25.8 Å². The second-order valence-electron chi connectivity index (χ2n) is 4.80. The molecule has 0 bridgehead atoms. The topological polar surface area (TPSA) is 87.3 Å². The SMILES string of the molecule is CCc1c(NN)ncnc1N1CCC(C)C(O)C1. The molecule has 2 heterocycles. The number of aromatic nitrogens is 2. The fourth-order valence-corrected chi connectivity index (χ4v) is 2.37. The molecule has 0 saturated carbocycles. The largest absolute Gasteiger partial charge is 0.391 e. The lowest BCUT2D eigenvalue weighted by Crippen LogP contribution is -2.43. The van der Waals surface area contributed by atoms with E-state index in [4.69, 9.17) is 5.84 Å². The van der Waals surface area contributed by atoms with Crippen LogP contribution in [-0.2, 0) is 6.42 Å². The summed E-state index contributed by atoms with van der Waals surface area (Å²) < 4.78 is 0. The predicted octanol–water partition coefficient (Wildman–Crippen LogP) is 0.532. The Bertz CT molecular complexity index is 411. The van der Waals surface area contributed by atoms with Crippen molar-refractivity contribution in [3.63, 3.8) is 0 Å². The van der Waals surface area contributed by atoms with Crippen molar-refractivity contribution in [3.05, 3.63) is 11.9 Å². The lowest BCUT2D eigenvalue weighted by molar-refractivity contribution is 0.102. The average Bonchev–Trinajstić information content (AvgIpc) is 2.40. The second-order valence-corrected chi connectivity index (χ2v) is 4.80. The zero-order valence-corrected chi connectivity index (χ0v) is 10.9. The van der Waals surface area contributed by atoms with Gasteiger partial charge in [-0.2, -0.15) is 0 Å². The third kappa shape index (κ3) is 2.39. The van der Waals surface area contributed by atoms with Crippen molar-refractivity contribution in [2.24, 2.45) is 11.8 Å². The first-order chi connectivity index (χ1) is 8.67. The third-order valence-electron chi connectivity index (χ3n) is 3.63. The Labute approximate surface area is 107 Å². The van der Waals surface area contributed by atoms with Gasteiger partial charge in [-0.1, -0.05) is 13.8 Å². The standard InChI is InChI=1S/C12H21N5O/c1-3-9-11(16-13)14-7-15-12(9)17-5-4-8(2)10(18)6-17/h7-8,10,18H,3-6,13H2,1-2H3,(H,14,15,16). The molecule has 6 heteroatoms. The first-order valence-corrected chi connectivity index (χ1v) is 6.40. The molecule has 18 heavy (non-hydrogen) atoms. The highest BCUT2D eigenvalue weighted by Crippen LogP contribution is 2.27. The zero-order chi connectivity index (χ0) is 13.1. The van der Waals surface area contributed by atoms with Crippen LogP contribution < -0.4 is 16.2 Å². The molecule has 1 aromatic heterocycles. The van der Waals surface area contributed by atoms with Gasteiger partial charge in [0.25, 0.3) is 0 Å². The van der Waals surface area contributed by atoms with E-state index >= 15 is 0 Å². The fraction of sp³-hybridized carbons (Fsp3) is 0.667. The number of β-amino-alcohol motifs (C(OH)–C–C–N with tert-alkyl or cyclic N) is 1. The van der Waals surface area contributed by atoms with Crippen molar-refractivity contribution in [3.8, 4) is 0 Å². The highest BCUT2D eigenvalue weighted by atomic mass is 16.3. The van der Waals surface area contributed by atoms with E-state index < -0.39 is 0 Å². The van der Waals surface area contributed by atoms with Crippen molar-refractivity contribution >= 4 is 11.6 Å². The minimum atomic E-state index is -0.298. The minimum absolute atomic E-state index is 0.298. The molecule has 2 rings (SSSR count). The van der Waals surface area contributed by atoms with Crippen LogP contribution in [0.5, 0.6) is 0 Å². The molecule has 1 aliphatic heterocycles. The van der Waals surface area contributed by atoms with Gasteiger partial charge in [-0.3, -0.25) is 0 Å². The molecule has 2 unspecified atom stereocenters. The molecule has 1 fully saturated rings. The lowest BCUT2D eigenvalue weighted by Gasteiger charge is -2.36. The van der Waals surface area contributed by atoms with Gasteiger partial charge in [-0.05, 0) is 18.8 Å². The highest BCUT2D eigenvalue weighted by molar-refractivity contribution is 5.58. The summed E-state index contributed by atoms with van der Waals surface area (Å²) in [5.41, 5.74) is 3.61. The molecule has 6 nitrogen and oxygen atoms in total. The van der Waals surface area contributed by atoms with Gasteiger partial charge in [0, 0.05) is 18.7 Å². The smallest absolute Gasteiger partial charge is 0.148 e. The number of nitrogens with two attached hydrogens (primary N) is 1. The molecule has 1 aromatic rings. The van der Waals surface area contributed by atoms with E-state index in [0.717, 1.165) is 30.8 Å². The second kappa shape index (κ2) is 5.49. The van der Waals surface area contributed by atoms with E-state index in [1.165, 1.54) is 6.33 Å². The summed E-state index contributed by atoms with van der Waals surface area (Å²) in [6, 6.07) is 0. The molecule has 0 aliphatic carbocycles. The first kappa shape index (κ1) is 13.0. The van der Waals surface area contributed by atoms with Crippen LogP contribution >= 0.6 is 0 Å². The van der Waals surface area contributed by atoms with Crippen molar-refractivity contribution in [1.82, 2.24) is 9.97 Å². The van der Waals surface area contributed by atoms with Crippen molar-refractivity contribution < 1.29 is 5.11 Å². The monoisotopic (exact) mass is 251 g/mol. The normalized spacial score (nSPS) is 24.1. The molecule has 0 spiro atoms. The predicted molar refractivity (Wildman–Crippen MR) is 71.2 cm³/mol. The maximum absolute atomic E-state index is 9.97. The number of hydrazine groups is 1. The van der Waals surface area contributed by atoms with E-state index in [1.807, 2.05) is 6.92 Å². The van der Waals surface area contributed by atoms with Crippen LogP contribution in [0.15, 0.2) is 6.33 Å². The molecular formula is C12H21N5O. The Morgan fingerprint density at radius 3 is 2.94 bits per heavy atom. The van der Waals surface area contributed by atoms with Crippen LogP contribution in [0.3, 0.4) is 0 Å². The Morgan fingerprint density at radius 2 is 2.33 bits per heavy atom. The zero-order valence-electron chi connectivity index (χ0n) is 10.9. The van der Waals surface area contributed by atoms with Crippen molar-refractivity contribution in [1.29, 1.82) is 0 Å². The molecule has 0 radical (unpaired) electrons. The van der Waals surface area contributed by atoms with Crippen LogP contribution in [0, 0.1) is 5.92 Å². The average molecular weight is 251 g/mol. The molecule has 1 aliphatic rings. The van der Waals surface area contributed by atoms with E-state index in [0.29, 0.717) is 18.3 Å². The summed E-state index contributed by atoms with van der Waals surface area (Å²) in [5, 5.41) is 9.97. The van der Waals surface area contributed by atoms with Crippen LogP contribution in [-0.4, -0.2) is 34.3 Å². The summed E-state index contributed by atoms with van der Waals surface area (Å²) in [7, 11) is 0. The van der Waals surface area contributed by atoms with Crippen LogP contribution in [0.2, 0.25) is 0 Å². The molecular weight excluding hydrogens is 230 g/mol. The number of nitrogens with zero attached hydrogens (tertiary/aromatic N) is 3. The van der Waals surface area contributed by atoms with Crippen molar-refractivity contribution in [2.75, 3.05) is 23.4 Å². The van der Waals surface area contributed by atoms with Gasteiger partial charge >= 0.3 is 0 Å². The number of nitrogens with one attached hydrogen (secondary N) is 1. The number of anilines is 2. The molecule has 0 amide bonds. The van der Waals surface area contributed by atoms with Gasteiger partial charge in [0.2, 0.25) is 0 Å². The summed E-state index contributed by atoms with van der Waals surface area (Å²) in [6.07, 6.45) is 2.98. The van der Waals surface area contributed by atoms with E-state index in [1.54, 1.807) is 0 Å². The Morgan fingerprint density at radius 1 is 1.56 bits per heavy atom. The third-order valence-corrected chi connectivity index (χ3v) is 3.63. The molecule has 4 N–H and O–H groups in total. The Balaban J connectivity index is 2.28. The molecule has 2 atom stereocenters. The van der Waals surface area contributed by atoms with Crippen molar-refractivity contribution in [2.45, 2.75) is 32.8 Å². The number of piperidine rings is 1. The molecule has 0 aromatic carbocycles. The van der Waals surface area contributed by atoms with Gasteiger partial charge in [0.15, 0.2) is 0 Å². The Hall–Kier alpha value is -1.40. The highest BCUT2D eigenvalue weighted by Gasteiger charge is 2.26. The number of nitrogen functional groups attached to an aromatic ring is 1. The fourth-order valence-electron chi connectivity index (χ4n) is 2.37. The number of aliphatic hydroxyl groups is 1. The summed E-state index contributed by atoms with van der Waals surface area (Å²) in [6.45, 7) is 5.66. The number of rotatable bonds is 3.